The Hall–Kier alpha value is -2.09. The van der Waals surface area contributed by atoms with E-state index in [1.54, 1.807) is 11.6 Å². The van der Waals surface area contributed by atoms with E-state index in [1.807, 2.05) is 0 Å². The van der Waals surface area contributed by atoms with Crippen molar-refractivity contribution in [1.29, 1.82) is 0 Å². The van der Waals surface area contributed by atoms with Gasteiger partial charge in [-0.15, -0.1) is 0 Å². The summed E-state index contributed by atoms with van der Waals surface area (Å²) in [7, 11) is 1.76. The van der Waals surface area contributed by atoms with Gasteiger partial charge in [0, 0.05) is 39.3 Å². The molecule has 0 radical (unpaired) electrons. The summed E-state index contributed by atoms with van der Waals surface area (Å²) in [5.74, 6) is 0.893. The molecule has 8 nitrogen and oxygen atoms in total. The van der Waals surface area contributed by atoms with E-state index < -0.39 is 0 Å². The second kappa shape index (κ2) is 8.21. The number of nitrogens with zero attached hydrogens (tertiary/aromatic N) is 6. The molecule has 30 heavy (non-hydrogen) atoms. The van der Waals surface area contributed by atoms with Gasteiger partial charge >= 0.3 is 5.69 Å². The Morgan fingerprint density at radius 3 is 2.37 bits per heavy atom. The number of aryl methyl sites for hydroxylation is 2. The normalized spacial score (nSPS) is 21.3. The van der Waals surface area contributed by atoms with Crippen LogP contribution in [0.15, 0.2) is 9.59 Å². The van der Waals surface area contributed by atoms with Gasteiger partial charge in [-0.2, -0.15) is 4.98 Å². The molecule has 2 fully saturated rings. The summed E-state index contributed by atoms with van der Waals surface area (Å²) < 4.78 is 5.11. The van der Waals surface area contributed by atoms with Crippen molar-refractivity contribution < 1.29 is 0 Å². The van der Waals surface area contributed by atoms with E-state index in [0.29, 0.717) is 23.8 Å². The van der Waals surface area contributed by atoms with Gasteiger partial charge in [-0.3, -0.25) is 13.9 Å². The van der Waals surface area contributed by atoms with Gasteiger partial charge in [0.15, 0.2) is 11.2 Å². The Labute approximate surface area is 177 Å². The molecule has 1 aliphatic carbocycles. The molecule has 0 aromatic carbocycles. The van der Waals surface area contributed by atoms with Crippen LogP contribution >= 0.6 is 0 Å². The van der Waals surface area contributed by atoms with Gasteiger partial charge in [0.25, 0.3) is 5.56 Å². The molecule has 3 aliphatic rings. The van der Waals surface area contributed by atoms with Crippen molar-refractivity contribution in [3.8, 4) is 0 Å². The molecule has 0 N–H and O–H groups in total. The fourth-order valence-corrected chi connectivity index (χ4v) is 5.65. The standard InChI is InChI=1S/C22H34N6O2/c1-24-19-18(20(29)28(22(24)30)16-15-25-11-6-3-7-12-25)27-14-8-13-26(21(27)23-19)17-9-4-2-5-10-17/h17H,2-16H2,1H3. The van der Waals surface area contributed by atoms with Crippen LogP contribution in [0.4, 0.5) is 5.95 Å². The van der Waals surface area contributed by atoms with Crippen molar-refractivity contribution in [2.75, 3.05) is 31.1 Å². The van der Waals surface area contributed by atoms with Crippen molar-refractivity contribution in [1.82, 2.24) is 23.6 Å². The van der Waals surface area contributed by atoms with Crippen LogP contribution in [0.3, 0.4) is 0 Å². The first-order chi connectivity index (χ1) is 14.6. The monoisotopic (exact) mass is 414 g/mol. The largest absolute Gasteiger partial charge is 0.339 e. The third kappa shape index (κ3) is 3.39. The van der Waals surface area contributed by atoms with Crippen LogP contribution < -0.4 is 16.1 Å². The summed E-state index contributed by atoms with van der Waals surface area (Å²) in [6.45, 7) is 5.13. The average Bonchev–Trinajstić information content (AvgIpc) is 3.19. The lowest BCUT2D eigenvalue weighted by Gasteiger charge is -2.37. The predicted octanol–water partition coefficient (Wildman–Crippen LogP) is 1.93. The Morgan fingerprint density at radius 2 is 1.60 bits per heavy atom. The van der Waals surface area contributed by atoms with Crippen LogP contribution in [0.5, 0.6) is 0 Å². The lowest BCUT2D eigenvalue weighted by molar-refractivity contribution is 0.218. The van der Waals surface area contributed by atoms with E-state index in [4.69, 9.17) is 4.98 Å². The first-order valence-electron chi connectivity index (χ1n) is 11.8. The zero-order valence-electron chi connectivity index (χ0n) is 18.2. The van der Waals surface area contributed by atoms with E-state index in [9.17, 15) is 9.59 Å². The molecule has 1 saturated heterocycles. The second-order valence-electron chi connectivity index (χ2n) is 9.28. The number of hydrogen-bond donors (Lipinski definition) is 0. The summed E-state index contributed by atoms with van der Waals surface area (Å²) in [6.07, 6.45) is 11.0. The molecule has 0 bridgehead atoms. The molecule has 2 aromatic heterocycles. The summed E-state index contributed by atoms with van der Waals surface area (Å²) >= 11 is 0. The molecule has 1 saturated carbocycles. The Morgan fingerprint density at radius 1 is 0.867 bits per heavy atom. The maximum atomic E-state index is 13.4. The molecular formula is C22H34N6O2. The first-order valence-corrected chi connectivity index (χ1v) is 11.8. The number of piperidine rings is 1. The molecule has 0 spiro atoms. The zero-order chi connectivity index (χ0) is 20.7. The summed E-state index contributed by atoms with van der Waals surface area (Å²) in [4.78, 5) is 36.1. The highest BCUT2D eigenvalue weighted by Gasteiger charge is 2.30. The van der Waals surface area contributed by atoms with Crippen LogP contribution in [-0.4, -0.2) is 55.8 Å². The fourth-order valence-electron chi connectivity index (χ4n) is 5.65. The van der Waals surface area contributed by atoms with Crippen molar-refractivity contribution in [3.63, 3.8) is 0 Å². The maximum Gasteiger partial charge on any atom is 0.332 e. The van der Waals surface area contributed by atoms with E-state index in [0.717, 1.165) is 45.1 Å². The molecule has 164 valence electrons. The van der Waals surface area contributed by atoms with Gasteiger partial charge in [-0.05, 0) is 45.2 Å². The first kappa shape index (κ1) is 19.8. The summed E-state index contributed by atoms with van der Waals surface area (Å²) in [5.41, 5.74) is 0.724. The van der Waals surface area contributed by atoms with Crippen molar-refractivity contribution in [2.45, 2.75) is 76.9 Å². The van der Waals surface area contributed by atoms with Crippen LogP contribution in [0.2, 0.25) is 0 Å². The number of aromatic nitrogens is 4. The molecule has 5 rings (SSSR count). The molecule has 0 atom stereocenters. The van der Waals surface area contributed by atoms with Gasteiger partial charge in [0.1, 0.15) is 0 Å². The van der Waals surface area contributed by atoms with Crippen LogP contribution in [0.25, 0.3) is 11.2 Å². The van der Waals surface area contributed by atoms with Crippen molar-refractivity contribution >= 4 is 17.1 Å². The second-order valence-corrected chi connectivity index (χ2v) is 9.28. The SMILES string of the molecule is Cn1c(=O)n(CCN2CCCCC2)c(=O)c2c1nc1n2CCCN1C1CCCCC1. The fraction of sp³-hybridized carbons (Fsp3) is 0.773. The third-order valence-corrected chi connectivity index (χ3v) is 7.35. The highest BCUT2D eigenvalue weighted by Crippen LogP contribution is 2.31. The Bertz CT molecular complexity index is 1020. The minimum Gasteiger partial charge on any atom is -0.339 e. The smallest absolute Gasteiger partial charge is 0.332 e. The minimum atomic E-state index is -0.246. The van der Waals surface area contributed by atoms with Crippen LogP contribution in [0, 0.1) is 0 Å². The lowest BCUT2D eigenvalue weighted by atomic mass is 9.94. The van der Waals surface area contributed by atoms with E-state index >= 15 is 0 Å². The molecule has 2 aromatic rings. The number of likely N-dealkylation sites (tertiary alicyclic amines) is 1. The molecule has 0 amide bonds. The highest BCUT2D eigenvalue weighted by atomic mass is 16.2. The number of rotatable bonds is 4. The van der Waals surface area contributed by atoms with Crippen molar-refractivity contribution in [2.24, 2.45) is 7.05 Å². The van der Waals surface area contributed by atoms with E-state index in [-0.39, 0.29) is 11.2 Å². The van der Waals surface area contributed by atoms with Crippen LogP contribution in [0.1, 0.15) is 57.8 Å². The van der Waals surface area contributed by atoms with Crippen molar-refractivity contribution in [3.05, 3.63) is 20.8 Å². The zero-order valence-corrected chi connectivity index (χ0v) is 18.2. The molecule has 8 heteroatoms. The highest BCUT2D eigenvalue weighted by molar-refractivity contribution is 5.75. The lowest BCUT2D eigenvalue weighted by Crippen LogP contribution is -2.44. The van der Waals surface area contributed by atoms with Gasteiger partial charge in [-0.25, -0.2) is 4.79 Å². The molecule has 4 heterocycles. The number of anilines is 1. The van der Waals surface area contributed by atoms with E-state index in [2.05, 4.69) is 14.4 Å². The topological polar surface area (TPSA) is 68.3 Å². The third-order valence-electron chi connectivity index (χ3n) is 7.35. The molecular weight excluding hydrogens is 380 g/mol. The van der Waals surface area contributed by atoms with Gasteiger partial charge in [-0.1, -0.05) is 25.7 Å². The van der Waals surface area contributed by atoms with Gasteiger partial charge in [0.2, 0.25) is 5.95 Å². The molecule has 0 unspecified atom stereocenters. The Kier molecular flexibility index (Phi) is 5.43. The summed E-state index contributed by atoms with van der Waals surface area (Å²) in [5, 5.41) is 0. The van der Waals surface area contributed by atoms with Gasteiger partial charge < -0.3 is 14.4 Å². The number of fused-ring (bicyclic) bond motifs is 3. The van der Waals surface area contributed by atoms with Crippen LogP contribution in [-0.2, 0) is 20.1 Å². The van der Waals surface area contributed by atoms with Gasteiger partial charge in [0.05, 0.1) is 0 Å². The van der Waals surface area contributed by atoms with E-state index in [1.165, 1.54) is 55.9 Å². The number of hydrogen-bond acceptors (Lipinski definition) is 5. The predicted molar refractivity (Wildman–Crippen MR) is 118 cm³/mol. The minimum absolute atomic E-state index is 0.172. The quantitative estimate of drug-likeness (QED) is 0.765. The number of imidazole rings is 1. The maximum absolute atomic E-state index is 13.4. The average molecular weight is 415 g/mol. The Balaban J connectivity index is 1.53. The summed E-state index contributed by atoms with van der Waals surface area (Å²) in [6, 6.07) is 0.507. The molecule has 2 aliphatic heterocycles.